The molecule has 4 nitrogen and oxygen atoms in total. The Morgan fingerprint density at radius 1 is 1.19 bits per heavy atom. The minimum atomic E-state index is -4.49. The molecular weight excluding hydrogens is 401 g/mol. The average Bonchev–Trinajstić information content (AvgIpc) is 2.61. The molecule has 1 amide bonds. The second-order valence-electron chi connectivity index (χ2n) is 5.44. The summed E-state index contributed by atoms with van der Waals surface area (Å²) in [5.41, 5.74) is 5.01. The van der Waals surface area contributed by atoms with E-state index in [-0.39, 0.29) is 37.0 Å². The fraction of sp³-hybridized carbons (Fsp3) is 0.278. The summed E-state index contributed by atoms with van der Waals surface area (Å²) in [7, 11) is 1.58. The van der Waals surface area contributed by atoms with Gasteiger partial charge >= 0.3 is 6.18 Å². The van der Waals surface area contributed by atoms with Gasteiger partial charge in [-0.15, -0.1) is 24.2 Å². The first-order valence-electron chi connectivity index (χ1n) is 7.80. The number of hydrogen-bond acceptors (Lipinski definition) is 4. The monoisotopic (exact) mass is 420 g/mol. The molecule has 0 unspecified atom stereocenters. The van der Waals surface area contributed by atoms with Crippen molar-refractivity contribution >= 4 is 35.8 Å². The van der Waals surface area contributed by atoms with E-state index >= 15 is 0 Å². The van der Waals surface area contributed by atoms with Gasteiger partial charge < -0.3 is 15.8 Å². The highest BCUT2D eigenvalue weighted by Crippen LogP contribution is 2.32. The normalized spacial score (nSPS) is 10.9. The van der Waals surface area contributed by atoms with Crippen molar-refractivity contribution in [1.82, 2.24) is 0 Å². The van der Waals surface area contributed by atoms with Gasteiger partial charge in [-0.1, -0.05) is 0 Å². The van der Waals surface area contributed by atoms with Crippen LogP contribution in [0.25, 0.3) is 0 Å². The zero-order valence-electron chi connectivity index (χ0n) is 14.5. The number of anilines is 1. The summed E-state index contributed by atoms with van der Waals surface area (Å²) in [4.78, 5) is 13.0. The molecule has 27 heavy (non-hydrogen) atoms. The number of methoxy groups -OCH3 is 1. The molecule has 2 rings (SSSR count). The maximum atomic E-state index is 12.9. The van der Waals surface area contributed by atoms with Crippen molar-refractivity contribution in [2.24, 2.45) is 5.73 Å². The zero-order valence-corrected chi connectivity index (χ0v) is 16.1. The van der Waals surface area contributed by atoms with Crippen LogP contribution < -0.4 is 15.8 Å². The summed E-state index contributed by atoms with van der Waals surface area (Å²) < 4.78 is 43.8. The summed E-state index contributed by atoms with van der Waals surface area (Å²) in [6.07, 6.45) is -4.32. The zero-order chi connectivity index (χ0) is 19.2. The van der Waals surface area contributed by atoms with Gasteiger partial charge in [0.1, 0.15) is 5.75 Å². The van der Waals surface area contributed by atoms with Crippen LogP contribution >= 0.6 is 24.2 Å². The fourth-order valence-corrected chi connectivity index (χ4v) is 3.05. The Morgan fingerprint density at radius 2 is 1.85 bits per heavy atom. The highest BCUT2D eigenvalue weighted by atomic mass is 35.5. The van der Waals surface area contributed by atoms with Gasteiger partial charge in [-0.2, -0.15) is 13.2 Å². The third kappa shape index (κ3) is 7.32. The third-order valence-electron chi connectivity index (χ3n) is 3.50. The first-order chi connectivity index (χ1) is 12.3. The Morgan fingerprint density at radius 3 is 2.41 bits per heavy atom. The van der Waals surface area contributed by atoms with Gasteiger partial charge in [-0.05, 0) is 48.0 Å². The van der Waals surface area contributed by atoms with Crippen LogP contribution in [0.2, 0.25) is 0 Å². The molecule has 2 aromatic carbocycles. The van der Waals surface area contributed by atoms with Crippen LogP contribution in [-0.2, 0) is 17.5 Å². The maximum Gasteiger partial charge on any atom is 0.416 e. The van der Waals surface area contributed by atoms with Crippen LogP contribution in [0.1, 0.15) is 17.5 Å². The standard InChI is InChI=1S/C18H19F3N2O2S.ClH/c1-25-15-2-4-16(5-3-15)26-7-6-17(24)23-14-9-12(11-22)8-13(10-14)18(19,20)21;/h2-5,8-10H,6-7,11,22H2,1H3,(H,23,24);1H. The number of nitrogens with two attached hydrogens (primary N) is 1. The molecule has 3 N–H and O–H groups in total. The molecule has 0 radical (unpaired) electrons. The summed E-state index contributed by atoms with van der Waals surface area (Å²) in [5, 5.41) is 2.51. The molecule has 0 atom stereocenters. The molecule has 0 fully saturated rings. The lowest BCUT2D eigenvalue weighted by atomic mass is 10.1. The Labute approximate surface area is 166 Å². The molecule has 2 aromatic rings. The molecule has 0 aliphatic carbocycles. The van der Waals surface area contributed by atoms with E-state index in [1.54, 1.807) is 7.11 Å². The van der Waals surface area contributed by atoms with Gasteiger partial charge in [0.2, 0.25) is 5.91 Å². The number of benzene rings is 2. The number of ether oxygens (including phenoxy) is 1. The van der Waals surface area contributed by atoms with E-state index in [1.165, 1.54) is 17.8 Å². The van der Waals surface area contributed by atoms with Crippen molar-refractivity contribution in [1.29, 1.82) is 0 Å². The first kappa shape index (κ1) is 23.1. The SMILES string of the molecule is COc1ccc(SCCC(=O)Nc2cc(CN)cc(C(F)(F)F)c2)cc1.Cl. The molecular formula is C18H20ClF3N2O2S. The highest BCUT2D eigenvalue weighted by Gasteiger charge is 2.31. The smallest absolute Gasteiger partial charge is 0.416 e. The van der Waals surface area contributed by atoms with Crippen molar-refractivity contribution < 1.29 is 22.7 Å². The van der Waals surface area contributed by atoms with Gasteiger partial charge in [0, 0.05) is 29.3 Å². The second kappa shape index (κ2) is 10.4. The Balaban J connectivity index is 0.00000364. The molecule has 0 aliphatic rings. The van der Waals surface area contributed by atoms with Crippen LogP contribution in [0, 0.1) is 0 Å². The van der Waals surface area contributed by atoms with Crippen LogP contribution in [0.3, 0.4) is 0 Å². The highest BCUT2D eigenvalue weighted by molar-refractivity contribution is 7.99. The Kier molecular flexibility index (Phi) is 8.95. The van der Waals surface area contributed by atoms with E-state index in [9.17, 15) is 18.0 Å². The molecule has 0 saturated carbocycles. The van der Waals surface area contributed by atoms with E-state index in [0.29, 0.717) is 11.3 Å². The van der Waals surface area contributed by atoms with Gasteiger partial charge in [-0.25, -0.2) is 0 Å². The van der Waals surface area contributed by atoms with Gasteiger partial charge in [0.05, 0.1) is 12.7 Å². The van der Waals surface area contributed by atoms with Crippen LogP contribution in [0.5, 0.6) is 5.75 Å². The summed E-state index contributed by atoms with van der Waals surface area (Å²) >= 11 is 1.48. The summed E-state index contributed by atoms with van der Waals surface area (Å²) in [6.45, 7) is -0.0416. The molecule has 0 spiro atoms. The van der Waals surface area contributed by atoms with E-state index in [4.69, 9.17) is 10.5 Å². The lowest BCUT2D eigenvalue weighted by Gasteiger charge is -2.12. The fourth-order valence-electron chi connectivity index (χ4n) is 2.20. The van der Waals surface area contributed by atoms with E-state index < -0.39 is 11.7 Å². The minimum Gasteiger partial charge on any atom is -0.497 e. The molecule has 148 valence electrons. The molecule has 0 heterocycles. The number of hydrogen-bond donors (Lipinski definition) is 2. The Bertz CT molecular complexity index is 755. The predicted octanol–water partition coefficient (Wildman–Crippen LogP) is 4.72. The molecule has 0 saturated heterocycles. The molecule has 0 bridgehead atoms. The first-order valence-corrected chi connectivity index (χ1v) is 8.78. The van der Waals surface area contributed by atoms with Crippen molar-refractivity contribution in [2.75, 3.05) is 18.2 Å². The summed E-state index contributed by atoms with van der Waals surface area (Å²) in [6, 6.07) is 10.7. The number of carbonyl (C=O) groups is 1. The average molecular weight is 421 g/mol. The lowest BCUT2D eigenvalue weighted by molar-refractivity contribution is -0.137. The maximum absolute atomic E-state index is 12.9. The van der Waals surface area contributed by atoms with E-state index in [2.05, 4.69) is 5.32 Å². The van der Waals surface area contributed by atoms with Gasteiger partial charge in [-0.3, -0.25) is 4.79 Å². The molecule has 0 aromatic heterocycles. The number of thioether (sulfide) groups is 1. The predicted molar refractivity (Wildman–Crippen MR) is 104 cm³/mol. The van der Waals surface area contributed by atoms with Crippen LogP contribution in [0.4, 0.5) is 18.9 Å². The minimum absolute atomic E-state index is 0. The summed E-state index contributed by atoms with van der Waals surface area (Å²) in [5.74, 6) is 0.890. The van der Waals surface area contributed by atoms with Crippen LogP contribution in [0.15, 0.2) is 47.4 Å². The van der Waals surface area contributed by atoms with Gasteiger partial charge in [0.25, 0.3) is 0 Å². The van der Waals surface area contributed by atoms with Crippen molar-refractivity contribution in [3.63, 3.8) is 0 Å². The van der Waals surface area contributed by atoms with Crippen molar-refractivity contribution in [3.05, 3.63) is 53.6 Å². The number of alkyl halides is 3. The topological polar surface area (TPSA) is 64.3 Å². The van der Waals surface area contributed by atoms with Gasteiger partial charge in [0.15, 0.2) is 0 Å². The molecule has 9 heteroatoms. The van der Waals surface area contributed by atoms with E-state index in [1.807, 2.05) is 24.3 Å². The van der Waals surface area contributed by atoms with Crippen molar-refractivity contribution in [3.8, 4) is 5.75 Å². The number of amides is 1. The third-order valence-corrected chi connectivity index (χ3v) is 4.51. The van der Waals surface area contributed by atoms with E-state index in [0.717, 1.165) is 22.8 Å². The van der Waals surface area contributed by atoms with Crippen LogP contribution in [-0.4, -0.2) is 18.8 Å². The Hall–Kier alpha value is -1.90. The largest absolute Gasteiger partial charge is 0.497 e. The quantitative estimate of drug-likeness (QED) is 0.636. The second-order valence-corrected chi connectivity index (χ2v) is 6.61. The lowest BCUT2D eigenvalue weighted by Crippen LogP contribution is -2.14. The molecule has 0 aliphatic heterocycles. The number of halogens is 4. The number of nitrogens with one attached hydrogen (secondary N) is 1. The number of carbonyl (C=O) groups excluding carboxylic acids is 1. The van der Waals surface area contributed by atoms with Crippen molar-refractivity contribution in [2.45, 2.75) is 24.0 Å². The number of rotatable bonds is 7.